The van der Waals surface area contributed by atoms with Crippen molar-refractivity contribution in [3.63, 3.8) is 0 Å². The van der Waals surface area contributed by atoms with Gasteiger partial charge in [-0.2, -0.15) is 16.8 Å². The molecule has 6 heterocycles. The van der Waals surface area contributed by atoms with Crippen LogP contribution in [0.2, 0.25) is 0 Å². The van der Waals surface area contributed by atoms with Gasteiger partial charge in [0.05, 0.1) is 11.7 Å². The lowest BCUT2D eigenvalue weighted by atomic mass is 9.64. The minimum Gasteiger partial charge on any atom is -0.370 e. The van der Waals surface area contributed by atoms with E-state index in [0.717, 1.165) is 0 Å². The average molecular weight is 435 g/mol. The highest BCUT2D eigenvalue weighted by molar-refractivity contribution is 7.88. The molecule has 0 saturated carbocycles. The predicted octanol–water partition coefficient (Wildman–Crippen LogP) is 0.808. The molecule has 10 heteroatoms. The number of hydrogen-bond acceptors (Lipinski definition) is 8. The summed E-state index contributed by atoms with van der Waals surface area (Å²) >= 11 is 0. The maximum atomic E-state index is 12.7. The quantitative estimate of drug-likeness (QED) is 0.601. The minimum atomic E-state index is -3.69. The summed E-state index contributed by atoms with van der Waals surface area (Å²) in [5.74, 6) is -0.378. The standard InChI is InChI=1S/C18H26O8S2/c1-7-11-9(12-13(23-11)14(7)27(19,20)25-12)5-6-10-15-16-18(4,26-28(15,21)22)8(2)17(10,3)24-16/h7-16H,5-6H2,1-4H3. The fraction of sp³-hybridized carbons (Fsp3) is 1.00. The molecule has 0 spiro atoms. The van der Waals surface area contributed by atoms with Gasteiger partial charge < -0.3 is 9.47 Å². The van der Waals surface area contributed by atoms with Crippen molar-refractivity contribution in [2.45, 2.75) is 86.7 Å². The first-order chi connectivity index (χ1) is 12.9. The zero-order valence-corrected chi connectivity index (χ0v) is 17.9. The molecule has 0 aliphatic carbocycles. The van der Waals surface area contributed by atoms with E-state index < -0.39 is 54.1 Å². The molecule has 6 saturated heterocycles. The van der Waals surface area contributed by atoms with E-state index in [2.05, 4.69) is 0 Å². The molecule has 8 nitrogen and oxygen atoms in total. The highest BCUT2D eigenvalue weighted by Crippen LogP contribution is 2.65. The zero-order valence-electron chi connectivity index (χ0n) is 16.3. The fourth-order valence-corrected chi connectivity index (χ4v) is 11.6. The molecule has 12 atom stereocenters. The molecule has 0 amide bonds. The van der Waals surface area contributed by atoms with Gasteiger partial charge in [0.25, 0.3) is 20.2 Å². The van der Waals surface area contributed by atoms with Crippen molar-refractivity contribution in [3.05, 3.63) is 0 Å². The Kier molecular flexibility index (Phi) is 3.28. The van der Waals surface area contributed by atoms with Gasteiger partial charge in [0, 0.05) is 23.7 Å². The van der Waals surface area contributed by atoms with E-state index in [0.29, 0.717) is 12.8 Å². The van der Waals surface area contributed by atoms with E-state index in [1.807, 2.05) is 27.7 Å². The summed E-state index contributed by atoms with van der Waals surface area (Å²) in [4.78, 5) is 0. The van der Waals surface area contributed by atoms with Gasteiger partial charge in [-0.1, -0.05) is 13.8 Å². The summed E-state index contributed by atoms with van der Waals surface area (Å²) < 4.78 is 73.3. The first kappa shape index (κ1) is 18.5. The Morgan fingerprint density at radius 2 is 1.57 bits per heavy atom. The molecule has 0 radical (unpaired) electrons. The molecule has 0 aromatic carbocycles. The van der Waals surface area contributed by atoms with Crippen LogP contribution in [0.25, 0.3) is 0 Å². The van der Waals surface area contributed by atoms with Crippen molar-refractivity contribution in [2.75, 3.05) is 0 Å². The Balaban J connectivity index is 1.28. The Morgan fingerprint density at radius 1 is 0.857 bits per heavy atom. The minimum absolute atomic E-state index is 0.0389. The maximum Gasteiger partial charge on any atom is 0.273 e. The van der Waals surface area contributed by atoms with Crippen LogP contribution in [0.3, 0.4) is 0 Å². The summed E-state index contributed by atoms with van der Waals surface area (Å²) in [5, 5.41) is -1.22. The lowest BCUT2D eigenvalue weighted by Gasteiger charge is -2.39. The summed E-state index contributed by atoms with van der Waals surface area (Å²) in [5.41, 5.74) is -1.36. The van der Waals surface area contributed by atoms with Crippen molar-refractivity contribution in [2.24, 2.45) is 23.7 Å². The van der Waals surface area contributed by atoms with Crippen molar-refractivity contribution in [3.8, 4) is 0 Å². The first-order valence-corrected chi connectivity index (χ1v) is 13.1. The van der Waals surface area contributed by atoms with Crippen LogP contribution in [0.4, 0.5) is 0 Å². The van der Waals surface area contributed by atoms with Crippen LogP contribution >= 0.6 is 0 Å². The third-order valence-corrected chi connectivity index (χ3v) is 12.6. The lowest BCUT2D eigenvalue weighted by Crippen LogP contribution is -2.52. The van der Waals surface area contributed by atoms with Crippen molar-refractivity contribution >= 4 is 20.2 Å². The van der Waals surface area contributed by atoms with Gasteiger partial charge in [-0.25, -0.2) is 0 Å². The van der Waals surface area contributed by atoms with E-state index in [9.17, 15) is 16.8 Å². The van der Waals surface area contributed by atoms with Crippen LogP contribution in [0, 0.1) is 23.7 Å². The largest absolute Gasteiger partial charge is 0.370 e. The highest BCUT2D eigenvalue weighted by Gasteiger charge is 2.79. The van der Waals surface area contributed by atoms with Crippen molar-refractivity contribution in [1.82, 2.24) is 0 Å². The third kappa shape index (κ3) is 1.83. The molecular formula is C18H26O8S2. The molecule has 0 aromatic heterocycles. The van der Waals surface area contributed by atoms with Gasteiger partial charge in [0.1, 0.15) is 34.4 Å². The van der Waals surface area contributed by atoms with Gasteiger partial charge in [0.2, 0.25) is 0 Å². The topological polar surface area (TPSA) is 105 Å². The molecule has 0 N–H and O–H groups in total. The van der Waals surface area contributed by atoms with Crippen molar-refractivity contribution < 1.29 is 34.7 Å². The maximum absolute atomic E-state index is 12.7. The average Bonchev–Trinajstić information content (AvgIpc) is 3.29. The van der Waals surface area contributed by atoms with Crippen LogP contribution in [-0.4, -0.2) is 63.0 Å². The molecular weight excluding hydrogens is 408 g/mol. The molecule has 0 aromatic rings. The number of rotatable bonds is 3. The normalized spacial score (nSPS) is 64.1. The van der Waals surface area contributed by atoms with Crippen molar-refractivity contribution in [1.29, 1.82) is 0 Å². The second-order valence-corrected chi connectivity index (χ2v) is 13.4. The number of hydrogen-bond donors (Lipinski definition) is 0. The predicted molar refractivity (Wildman–Crippen MR) is 96.3 cm³/mol. The van der Waals surface area contributed by atoms with Gasteiger partial charge in [0.15, 0.2) is 0 Å². The Hall–Kier alpha value is -0.260. The van der Waals surface area contributed by atoms with E-state index in [4.69, 9.17) is 17.8 Å². The Labute approximate surface area is 165 Å². The van der Waals surface area contributed by atoms with Crippen LogP contribution in [0.5, 0.6) is 0 Å². The van der Waals surface area contributed by atoms with Crippen LogP contribution in [0.15, 0.2) is 0 Å². The Bertz CT molecular complexity index is 962. The van der Waals surface area contributed by atoms with Gasteiger partial charge in [-0.3, -0.25) is 8.37 Å². The summed E-state index contributed by atoms with van der Waals surface area (Å²) in [6.45, 7) is 7.75. The van der Waals surface area contributed by atoms with Crippen LogP contribution in [0.1, 0.15) is 40.5 Å². The molecule has 6 rings (SSSR count). The van der Waals surface area contributed by atoms with Gasteiger partial charge >= 0.3 is 0 Å². The van der Waals surface area contributed by atoms with Crippen LogP contribution in [-0.2, 0) is 38.1 Å². The zero-order chi connectivity index (χ0) is 20.0. The Morgan fingerprint density at radius 3 is 2.29 bits per heavy atom. The van der Waals surface area contributed by atoms with Crippen LogP contribution < -0.4 is 0 Å². The van der Waals surface area contributed by atoms with Gasteiger partial charge in [-0.05, 0) is 26.7 Å². The molecule has 6 aliphatic heterocycles. The summed E-state index contributed by atoms with van der Waals surface area (Å²) in [6, 6.07) is 0. The molecule has 6 fully saturated rings. The molecule has 6 aliphatic rings. The van der Waals surface area contributed by atoms with E-state index in [1.54, 1.807) is 0 Å². The first-order valence-electron chi connectivity index (χ1n) is 10.1. The summed E-state index contributed by atoms with van der Waals surface area (Å²) in [7, 11) is -7.27. The molecule has 158 valence electrons. The number of fused-ring (bicyclic) bond motifs is 2. The third-order valence-electron chi connectivity index (χ3n) is 8.96. The smallest absolute Gasteiger partial charge is 0.273 e. The molecule has 28 heavy (non-hydrogen) atoms. The molecule has 4 bridgehead atoms. The lowest BCUT2D eigenvalue weighted by molar-refractivity contribution is -0.0189. The second-order valence-electron chi connectivity index (χ2n) is 9.96. The SMILES string of the molecule is CC1C2OC3C(OS(=O)(=O)C13)C2CCC1C2C3OC1(C)C(C)C3(C)OS2(=O)=O. The van der Waals surface area contributed by atoms with Gasteiger partial charge in [-0.15, -0.1) is 0 Å². The second kappa shape index (κ2) is 4.96. The van der Waals surface area contributed by atoms with E-state index in [-0.39, 0.29) is 35.9 Å². The summed E-state index contributed by atoms with van der Waals surface area (Å²) in [6.07, 6.45) is -0.140. The van der Waals surface area contributed by atoms with E-state index >= 15 is 0 Å². The monoisotopic (exact) mass is 434 g/mol. The highest BCUT2D eigenvalue weighted by atomic mass is 32.2. The van der Waals surface area contributed by atoms with E-state index in [1.165, 1.54) is 0 Å². The molecule has 12 unspecified atom stereocenters. The number of ether oxygens (including phenoxy) is 2. The fourth-order valence-electron chi connectivity index (χ4n) is 7.40.